The van der Waals surface area contributed by atoms with Crippen molar-refractivity contribution in [1.29, 1.82) is 0 Å². The van der Waals surface area contributed by atoms with Crippen LogP contribution in [0.3, 0.4) is 0 Å². The molecule has 4 nitrogen and oxygen atoms in total. The lowest BCUT2D eigenvalue weighted by Crippen LogP contribution is -2.45. The Morgan fingerprint density at radius 3 is 2.47 bits per heavy atom. The zero-order chi connectivity index (χ0) is 14.6. The fraction of sp³-hybridized carbons (Fsp3) is 0.385. The van der Waals surface area contributed by atoms with Gasteiger partial charge in [-0.2, -0.15) is 0 Å². The van der Waals surface area contributed by atoms with Crippen LogP contribution in [0.1, 0.15) is 24.2 Å². The van der Waals surface area contributed by atoms with E-state index in [9.17, 15) is 14.0 Å². The van der Waals surface area contributed by atoms with E-state index in [-0.39, 0.29) is 11.5 Å². The van der Waals surface area contributed by atoms with Crippen molar-refractivity contribution in [2.45, 2.75) is 19.9 Å². The van der Waals surface area contributed by atoms with Gasteiger partial charge in [-0.1, -0.05) is 19.9 Å². The molecule has 6 heteroatoms. The van der Waals surface area contributed by atoms with Crippen molar-refractivity contribution >= 4 is 27.8 Å². The lowest BCUT2D eigenvalue weighted by molar-refractivity contribution is -0.144. The van der Waals surface area contributed by atoms with Crippen LogP contribution in [0.4, 0.5) is 4.39 Å². The molecule has 1 rings (SSSR count). The zero-order valence-corrected chi connectivity index (χ0v) is 12.5. The molecule has 1 atom stereocenters. The molecule has 19 heavy (non-hydrogen) atoms. The number of halogens is 2. The normalized spacial score (nSPS) is 12.1. The van der Waals surface area contributed by atoms with Crippen molar-refractivity contribution in [1.82, 2.24) is 5.32 Å². The molecule has 1 unspecified atom stereocenters. The van der Waals surface area contributed by atoms with Crippen LogP contribution >= 0.6 is 15.9 Å². The number of carbonyl (C=O) groups is 2. The summed E-state index contributed by atoms with van der Waals surface area (Å²) in [6, 6.07) is 3.41. The fourth-order valence-electron chi connectivity index (χ4n) is 1.55. The molecular formula is C13H15BrFNO3. The molecule has 0 bridgehead atoms. The maximum atomic E-state index is 13.6. The van der Waals surface area contributed by atoms with Gasteiger partial charge in [0.05, 0.1) is 12.7 Å². The molecule has 1 amide bonds. The third kappa shape index (κ3) is 3.76. The lowest BCUT2D eigenvalue weighted by Gasteiger charge is -2.20. The van der Waals surface area contributed by atoms with Gasteiger partial charge in [-0.15, -0.1) is 0 Å². The van der Waals surface area contributed by atoms with Crippen molar-refractivity contribution < 1.29 is 18.7 Å². The predicted molar refractivity (Wildman–Crippen MR) is 72.2 cm³/mol. The second-order valence-electron chi connectivity index (χ2n) is 4.31. The van der Waals surface area contributed by atoms with E-state index in [0.717, 1.165) is 0 Å². The van der Waals surface area contributed by atoms with Crippen LogP contribution in [0.15, 0.2) is 22.7 Å². The summed E-state index contributed by atoms with van der Waals surface area (Å²) in [5.74, 6) is -2.04. The molecular weight excluding hydrogens is 317 g/mol. The van der Waals surface area contributed by atoms with Gasteiger partial charge >= 0.3 is 5.97 Å². The number of hydrogen-bond acceptors (Lipinski definition) is 3. The first-order valence-corrected chi connectivity index (χ1v) is 6.50. The van der Waals surface area contributed by atoms with Gasteiger partial charge in [0.1, 0.15) is 11.9 Å². The molecule has 0 fully saturated rings. The van der Waals surface area contributed by atoms with Crippen LogP contribution in [0.25, 0.3) is 0 Å². The summed E-state index contributed by atoms with van der Waals surface area (Å²) in [5, 5.41) is 2.48. The SMILES string of the molecule is COC(=O)C(NC(=O)c1c(F)cccc1Br)C(C)C. The third-order valence-electron chi connectivity index (χ3n) is 2.60. The minimum absolute atomic E-state index is 0.128. The average molecular weight is 332 g/mol. The molecule has 0 spiro atoms. The molecule has 0 radical (unpaired) electrons. The second-order valence-corrected chi connectivity index (χ2v) is 5.17. The Kier molecular flexibility index (Phi) is 5.47. The summed E-state index contributed by atoms with van der Waals surface area (Å²) in [6.45, 7) is 3.52. The van der Waals surface area contributed by atoms with Crippen LogP contribution in [0.5, 0.6) is 0 Å². The number of ether oxygens (including phenoxy) is 1. The van der Waals surface area contributed by atoms with Crippen molar-refractivity contribution in [3.05, 3.63) is 34.1 Å². The minimum Gasteiger partial charge on any atom is -0.467 e. The molecule has 1 N–H and O–H groups in total. The van der Waals surface area contributed by atoms with Crippen LogP contribution in [0.2, 0.25) is 0 Å². The van der Waals surface area contributed by atoms with E-state index in [4.69, 9.17) is 0 Å². The average Bonchev–Trinajstić information content (AvgIpc) is 2.34. The Morgan fingerprint density at radius 2 is 2.00 bits per heavy atom. The van der Waals surface area contributed by atoms with Gasteiger partial charge in [-0.05, 0) is 34.0 Å². The third-order valence-corrected chi connectivity index (χ3v) is 3.26. The van der Waals surface area contributed by atoms with Gasteiger partial charge in [-0.25, -0.2) is 9.18 Å². The minimum atomic E-state index is -0.816. The van der Waals surface area contributed by atoms with Crippen LogP contribution in [-0.2, 0) is 9.53 Å². The Morgan fingerprint density at radius 1 is 1.37 bits per heavy atom. The summed E-state index contributed by atoms with van der Waals surface area (Å²) in [5.41, 5.74) is -0.128. The fourth-order valence-corrected chi connectivity index (χ4v) is 2.07. The first kappa shape index (κ1) is 15.6. The van der Waals surface area contributed by atoms with E-state index in [2.05, 4.69) is 26.0 Å². The molecule has 0 saturated heterocycles. The Balaban J connectivity index is 2.98. The number of benzene rings is 1. The van der Waals surface area contributed by atoms with E-state index in [1.54, 1.807) is 19.9 Å². The molecule has 0 aliphatic carbocycles. The summed E-state index contributed by atoms with van der Waals surface area (Å²) < 4.78 is 18.6. The number of rotatable bonds is 4. The van der Waals surface area contributed by atoms with Crippen LogP contribution in [-0.4, -0.2) is 25.0 Å². The number of nitrogens with one attached hydrogen (secondary N) is 1. The van der Waals surface area contributed by atoms with Crippen molar-refractivity contribution in [3.63, 3.8) is 0 Å². The van der Waals surface area contributed by atoms with Gasteiger partial charge in [0.2, 0.25) is 0 Å². The summed E-state index contributed by atoms with van der Waals surface area (Å²) in [7, 11) is 1.24. The van der Waals surface area contributed by atoms with E-state index >= 15 is 0 Å². The van der Waals surface area contributed by atoms with Crippen molar-refractivity contribution in [2.24, 2.45) is 5.92 Å². The highest BCUT2D eigenvalue weighted by Gasteiger charge is 2.27. The summed E-state index contributed by atoms with van der Waals surface area (Å²) >= 11 is 3.11. The van der Waals surface area contributed by atoms with E-state index in [1.165, 1.54) is 19.2 Å². The molecule has 1 aromatic rings. The highest BCUT2D eigenvalue weighted by Crippen LogP contribution is 2.20. The molecule has 104 valence electrons. The second kappa shape index (κ2) is 6.65. The Hall–Kier alpha value is -1.43. The van der Waals surface area contributed by atoms with E-state index in [0.29, 0.717) is 4.47 Å². The number of amides is 1. The Labute approximate surface area is 119 Å². The smallest absolute Gasteiger partial charge is 0.328 e. The standard InChI is InChI=1S/C13H15BrFNO3/c1-7(2)11(13(18)19-3)16-12(17)10-8(14)5-4-6-9(10)15/h4-7,11H,1-3H3,(H,16,17). The predicted octanol–water partition coefficient (Wildman–Crippen LogP) is 2.52. The van der Waals surface area contributed by atoms with Crippen molar-refractivity contribution in [3.8, 4) is 0 Å². The maximum Gasteiger partial charge on any atom is 0.328 e. The van der Waals surface area contributed by atoms with Gasteiger partial charge in [0.15, 0.2) is 0 Å². The van der Waals surface area contributed by atoms with E-state index < -0.39 is 23.7 Å². The quantitative estimate of drug-likeness (QED) is 0.862. The lowest BCUT2D eigenvalue weighted by atomic mass is 10.0. The largest absolute Gasteiger partial charge is 0.467 e. The van der Waals surface area contributed by atoms with E-state index in [1.807, 2.05) is 0 Å². The van der Waals surface area contributed by atoms with Gasteiger partial charge in [0.25, 0.3) is 5.91 Å². The van der Waals surface area contributed by atoms with Gasteiger partial charge in [-0.3, -0.25) is 4.79 Å². The van der Waals surface area contributed by atoms with Gasteiger partial charge in [0, 0.05) is 4.47 Å². The molecule has 1 aromatic carbocycles. The molecule has 0 saturated carbocycles. The number of methoxy groups -OCH3 is 1. The first-order valence-electron chi connectivity index (χ1n) is 5.71. The van der Waals surface area contributed by atoms with Crippen molar-refractivity contribution in [2.75, 3.05) is 7.11 Å². The van der Waals surface area contributed by atoms with Crippen LogP contribution in [0, 0.1) is 11.7 Å². The topological polar surface area (TPSA) is 55.4 Å². The van der Waals surface area contributed by atoms with Gasteiger partial charge < -0.3 is 10.1 Å². The highest BCUT2D eigenvalue weighted by molar-refractivity contribution is 9.10. The number of hydrogen-bond donors (Lipinski definition) is 1. The molecule has 0 aliphatic heterocycles. The summed E-state index contributed by atoms with van der Waals surface area (Å²) in [6.07, 6.45) is 0. The monoisotopic (exact) mass is 331 g/mol. The summed E-state index contributed by atoms with van der Waals surface area (Å²) in [4.78, 5) is 23.6. The Bertz CT molecular complexity index is 471. The first-order chi connectivity index (χ1) is 8.88. The highest BCUT2D eigenvalue weighted by atomic mass is 79.9. The molecule has 0 aromatic heterocycles. The maximum absolute atomic E-state index is 13.6. The molecule has 0 aliphatic rings. The molecule has 0 heterocycles. The zero-order valence-electron chi connectivity index (χ0n) is 10.9. The number of esters is 1. The number of carbonyl (C=O) groups excluding carboxylic acids is 2. The van der Waals surface area contributed by atoms with Crippen LogP contribution < -0.4 is 5.32 Å².